The van der Waals surface area contributed by atoms with Crippen molar-refractivity contribution in [2.24, 2.45) is 0 Å². The van der Waals surface area contributed by atoms with Gasteiger partial charge in [-0.15, -0.1) is 0 Å². The van der Waals surface area contributed by atoms with Gasteiger partial charge in [0, 0.05) is 12.6 Å². The van der Waals surface area contributed by atoms with E-state index in [1.54, 1.807) is 12.1 Å². The third kappa shape index (κ3) is 2.34. The first-order valence-corrected chi connectivity index (χ1v) is 5.37. The highest BCUT2D eigenvalue weighted by molar-refractivity contribution is 5.68. The lowest BCUT2D eigenvalue weighted by Crippen LogP contribution is -2.22. The molecule has 1 aromatic carbocycles. The van der Waals surface area contributed by atoms with E-state index >= 15 is 0 Å². The molecule has 1 unspecified atom stereocenters. The largest absolute Gasteiger partial charge is 0.375 e. The number of hydrogen-bond acceptors (Lipinski definition) is 5. The molecule has 1 heterocycles. The first kappa shape index (κ1) is 11.4. The van der Waals surface area contributed by atoms with Crippen molar-refractivity contribution in [2.45, 2.75) is 12.5 Å². The summed E-state index contributed by atoms with van der Waals surface area (Å²) in [7, 11) is 0. The molecule has 0 radical (unpaired) electrons. The van der Waals surface area contributed by atoms with Crippen LogP contribution in [0.15, 0.2) is 18.2 Å². The molecule has 0 amide bonds. The molecule has 6 nitrogen and oxygen atoms in total. The minimum atomic E-state index is -0.511. The molecule has 1 aromatic rings. The van der Waals surface area contributed by atoms with E-state index in [9.17, 15) is 10.1 Å². The van der Waals surface area contributed by atoms with E-state index < -0.39 is 4.92 Å². The van der Waals surface area contributed by atoms with Gasteiger partial charge in [0.1, 0.15) is 17.3 Å². The summed E-state index contributed by atoms with van der Waals surface area (Å²) < 4.78 is 0. The van der Waals surface area contributed by atoms with Gasteiger partial charge in [-0.3, -0.25) is 10.1 Å². The van der Waals surface area contributed by atoms with E-state index in [1.165, 1.54) is 6.07 Å². The van der Waals surface area contributed by atoms with Crippen LogP contribution in [-0.2, 0) is 0 Å². The number of anilines is 1. The van der Waals surface area contributed by atoms with Crippen LogP contribution in [0.1, 0.15) is 12.0 Å². The van der Waals surface area contributed by atoms with Crippen LogP contribution in [0.25, 0.3) is 0 Å². The summed E-state index contributed by atoms with van der Waals surface area (Å²) in [5.74, 6) is 0. The fourth-order valence-electron chi connectivity index (χ4n) is 1.94. The van der Waals surface area contributed by atoms with Gasteiger partial charge >= 0.3 is 5.69 Å². The van der Waals surface area contributed by atoms with Gasteiger partial charge < -0.3 is 10.6 Å². The van der Waals surface area contributed by atoms with Crippen LogP contribution < -0.4 is 10.6 Å². The van der Waals surface area contributed by atoms with Gasteiger partial charge in [0.15, 0.2) is 0 Å². The molecule has 0 saturated carbocycles. The molecular formula is C11H12N4O2. The lowest BCUT2D eigenvalue weighted by atomic mass is 10.1. The van der Waals surface area contributed by atoms with E-state index in [2.05, 4.69) is 10.6 Å². The minimum absolute atomic E-state index is 0.0888. The summed E-state index contributed by atoms with van der Waals surface area (Å²) in [5, 5.41) is 26.1. The number of benzene rings is 1. The second-order valence-electron chi connectivity index (χ2n) is 3.90. The summed E-state index contributed by atoms with van der Waals surface area (Å²) in [6.45, 7) is 1.69. The molecule has 1 saturated heterocycles. The maximum absolute atomic E-state index is 11.0. The maximum atomic E-state index is 11.0. The number of nitrogens with zero attached hydrogens (tertiary/aromatic N) is 2. The smallest absolute Gasteiger partial charge is 0.309 e. The Balaban J connectivity index is 2.32. The Morgan fingerprint density at radius 3 is 3.00 bits per heavy atom. The van der Waals surface area contributed by atoms with Crippen LogP contribution >= 0.6 is 0 Å². The molecule has 6 heteroatoms. The number of para-hydroxylation sites is 1. The Bertz CT molecular complexity index is 475. The topological polar surface area (TPSA) is 91.0 Å². The van der Waals surface area contributed by atoms with Gasteiger partial charge in [-0.1, -0.05) is 6.07 Å². The molecule has 2 N–H and O–H groups in total. The van der Waals surface area contributed by atoms with Crippen molar-refractivity contribution < 1.29 is 4.92 Å². The van der Waals surface area contributed by atoms with Crippen LogP contribution in [0.4, 0.5) is 11.4 Å². The third-order valence-corrected chi connectivity index (χ3v) is 2.76. The highest BCUT2D eigenvalue weighted by Gasteiger charge is 2.22. The van der Waals surface area contributed by atoms with Gasteiger partial charge in [-0.25, -0.2) is 0 Å². The summed E-state index contributed by atoms with van der Waals surface area (Å²) >= 11 is 0. The van der Waals surface area contributed by atoms with Crippen molar-refractivity contribution in [1.82, 2.24) is 5.32 Å². The van der Waals surface area contributed by atoms with Crippen LogP contribution in [-0.4, -0.2) is 24.1 Å². The van der Waals surface area contributed by atoms with E-state index in [-0.39, 0.29) is 17.3 Å². The predicted octanol–water partition coefficient (Wildman–Crippen LogP) is 1.24. The Hall–Kier alpha value is -2.13. The van der Waals surface area contributed by atoms with Crippen molar-refractivity contribution in [3.05, 3.63) is 33.9 Å². The standard InChI is InChI=1S/C11H12N4O2/c12-6-8-2-1-3-10(11(8)15(16)17)14-9-4-5-13-7-9/h1-3,9,13-14H,4-5,7H2. The molecule has 0 aromatic heterocycles. The van der Waals surface area contributed by atoms with Gasteiger partial charge in [-0.2, -0.15) is 5.26 Å². The fourth-order valence-corrected chi connectivity index (χ4v) is 1.94. The fraction of sp³-hybridized carbons (Fsp3) is 0.364. The molecular weight excluding hydrogens is 220 g/mol. The summed E-state index contributed by atoms with van der Waals surface area (Å²) in [4.78, 5) is 10.5. The number of nitriles is 1. The van der Waals surface area contributed by atoms with Crippen molar-refractivity contribution in [1.29, 1.82) is 5.26 Å². The molecule has 1 fully saturated rings. The van der Waals surface area contributed by atoms with E-state index in [1.807, 2.05) is 6.07 Å². The van der Waals surface area contributed by atoms with Crippen molar-refractivity contribution in [3.8, 4) is 6.07 Å². The number of nitrogens with one attached hydrogen (secondary N) is 2. The number of rotatable bonds is 3. The lowest BCUT2D eigenvalue weighted by molar-refractivity contribution is -0.384. The number of hydrogen-bond donors (Lipinski definition) is 2. The predicted molar refractivity (Wildman–Crippen MR) is 62.7 cm³/mol. The summed E-state index contributed by atoms with van der Waals surface area (Å²) in [5.41, 5.74) is 0.371. The third-order valence-electron chi connectivity index (χ3n) is 2.76. The molecule has 1 atom stereocenters. The molecule has 2 rings (SSSR count). The van der Waals surface area contributed by atoms with Crippen molar-refractivity contribution >= 4 is 11.4 Å². The highest BCUT2D eigenvalue weighted by Crippen LogP contribution is 2.29. The van der Waals surface area contributed by atoms with E-state index in [0.717, 1.165) is 19.5 Å². The Morgan fingerprint density at radius 2 is 2.41 bits per heavy atom. The quantitative estimate of drug-likeness (QED) is 0.604. The van der Waals surface area contributed by atoms with Gasteiger partial charge in [0.25, 0.3) is 0 Å². The monoisotopic (exact) mass is 232 g/mol. The molecule has 88 valence electrons. The minimum Gasteiger partial charge on any atom is -0.375 e. The van der Waals surface area contributed by atoms with Crippen LogP contribution in [0.5, 0.6) is 0 Å². The molecule has 0 aliphatic carbocycles. The summed E-state index contributed by atoms with van der Waals surface area (Å²) in [6, 6.07) is 6.77. The van der Waals surface area contributed by atoms with E-state index in [0.29, 0.717) is 5.69 Å². The second-order valence-corrected chi connectivity index (χ2v) is 3.90. The van der Waals surface area contributed by atoms with Crippen molar-refractivity contribution in [3.63, 3.8) is 0 Å². The number of nitro groups is 1. The van der Waals surface area contributed by atoms with Gasteiger partial charge in [0.05, 0.1) is 4.92 Å². The second kappa shape index (κ2) is 4.80. The van der Waals surface area contributed by atoms with E-state index in [4.69, 9.17) is 5.26 Å². The van der Waals surface area contributed by atoms with Gasteiger partial charge in [-0.05, 0) is 25.1 Å². The first-order valence-electron chi connectivity index (χ1n) is 5.37. The highest BCUT2D eigenvalue weighted by atomic mass is 16.6. The SMILES string of the molecule is N#Cc1cccc(NC2CCNC2)c1[N+](=O)[O-]. The molecule has 0 bridgehead atoms. The molecule has 1 aliphatic heterocycles. The molecule has 0 spiro atoms. The maximum Gasteiger partial charge on any atom is 0.309 e. The average Bonchev–Trinajstić information content (AvgIpc) is 2.81. The summed E-state index contributed by atoms with van der Waals surface area (Å²) in [6.07, 6.45) is 0.925. The molecule has 17 heavy (non-hydrogen) atoms. The van der Waals surface area contributed by atoms with Crippen LogP contribution in [0.3, 0.4) is 0 Å². The first-order chi connectivity index (χ1) is 8.22. The van der Waals surface area contributed by atoms with Crippen molar-refractivity contribution in [2.75, 3.05) is 18.4 Å². The zero-order valence-corrected chi connectivity index (χ0v) is 9.14. The average molecular weight is 232 g/mol. The van der Waals surface area contributed by atoms with Crippen LogP contribution in [0, 0.1) is 21.4 Å². The van der Waals surface area contributed by atoms with Crippen LogP contribution in [0.2, 0.25) is 0 Å². The zero-order valence-electron chi connectivity index (χ0n) is 9.14. The lowest BCUT2D eigenvalue weighted by Gasteiger charge is -2.13. The Labute approximate surface area is 98.4 Å². The normalized spacial score (nSPS) is 18.6. The Kier molecular flexibility index (Phi) is 3.21. The number of nitro benzene ring substituents is 1. The Morgan fingerprint density at radius 1 is 1.59 bits per heavy atom. The molecule has 1 aliphatic rings. The van der Waals surface area contributed by atoms with Gasteiger partial charge in [0.2, 0.25) is 0 Å². The zero-order chi connectivity index (χ0) is 12.3.